The Bertz CT molecular complexity index is 1340. The number of carbonyl (C=O) groups is 1. The van der Waals surface area contributed by atoms with Crippen molar-refractivity contribution >= 4 is 40.5 Å². The van der Waals surface area contributed by atoms with Crippen molar-refractivity contribution in [3.05, 3.63) is 105 Å². The van der Waals surface area contributed by atoms with Crippen molar-refractivity contribution in [1.82, 2.24) is 5.48 Å². The molecule has 0 aliphatic carbocycles. The van der Waals surface area contributed by atoms with Crippen LogP contribution in [0.3, 0.4) is 0 Å². The Hall–Kier alpha value is -3.11. The smallest absolute Gasteiger partial charge is 0.364 e. The van der Waals surface area contributed by atoms with Crippen LogP contribution >= 0.6 is 23.2 Å². The Morgan fingerprint density at radius 3 is 2.27 bits per heavy atom. The molecule has 1 amide bonds. The van der Waals surface area contributed by atoms with Gasteiger partial charge in [-0.1, -0.05) is 29.3 Å². The van der Waals surface area contributed by atoms with Gasteiger partial charge >= 0.3 is 6.18 Å². The first kappa shape index (κ1) is 26.9. The topological polar surface area (TPSA) is 50.8 Å². The summed E-state index contributed by atoms with van der Waals surface area (Å²) in [4.78, 5) is 19.7. The highest BCUT2D eigenvalue weighted by molar-refractivity contribution is 6.34. The average molecular weight is 555 g/mol. The van der Waals surface area contributed by atoms with Crippen LogP contribution in [0.25, 0.3) is 5.70 Å². The van der Waals surface area contributed by atoms with Crippen LogP contribution in [0.15, 0.2) is 66.7 Å². The standard InChI is InChI=1S/C26H20Cl2F4N2O3/c1-15-9-16(3-8-22(15)24(35)34(14-36-2)21-6-4-20(29)5-7-21)23-13-25(37-33-23,26(30,31)32)17-10-18(27)12-19(28)11-17/h3-13,33H,14H2,1-2H3. The van der Waals surface area contributed by atoms with E-state index < -0.39 is 23.5 Å². The van der Waals surface area contributed by atoms with Gasteiger partial charge in [0, 0.05) is 34.0 Å². The summed E-state index contributed by atoms with van der Waals surface area (Å²) in [6.07, 6.45) is -3.95. The van der Waals surface area contributed by atoms with Gasteiger partial charge in [0.15, 0.2) is 0 Å². The number of rotatable bonds is 6. The Morgan fingerprint density at radius 2 is 1.70 bits per heavy atom. The summed E-state index contributed by atoms with van der Waals surface area (Å²) in [7, 11) is 1.41. The van der Waals surface area contributed by atoms with Crippen molar-refractivity contribution in [2.75, 3.05) is 18.7 Å². The zero-order valence-electron chi connectivity index (χ0n) is 19.5. The Balaban J connectivity index is 1.70. The second-order valence-electron chi connectivity index (χ2n) is 8.31. The molecular weight excluding hydrogens is 535 g/mol. The second kappa shape index (κ2) is 10.3. The van der Waals surface area contributed by atoms with Gasteiger partial charge in [0.1, 0.15) is 12.5 Å². The van der Waals surface area contributed by atoms with Crippen LogP contribution in [0.2, 0.25) is 10.0 Å². The molecule has 0 saturated carbocycles. The molecule has 0 radical (unpaired) electrons. The van der Waals surface area contributed by atoms with E-state index in [1.54, 1.807) is 13.0 Å². The number of anilines is 1. The molecule has 1 aliphatic heterocycles. The maximum atomic E-state index is 14.3. The number of nitrogens with zero attached hydrogens (tertiary/aromatic N) is 1. The minimum absolute atomic E-state index is 0.0250. The maximum absolute atomic E-state index is 14.3. The fourth-order valence-electron chi connectivity index (χ4n) is 3.97. The molecule has 0 aromatic heterocycles. The first-order valence-corrected chi connectivity index (χ1v) is 11.6. The summed E-state index contributed by atoms with van der Waals surface area (Å²) in [6.45, 7) is 1.55. The zero-order valence-corrected chi connectivity index (χ0v) is 21.0. The molecular formula is C26H20Cl2F4N2O3. The molecule has 0 fully saturated rings. The van der Waals surface area contributed by atoms with Crippen LogP contribution in [0, 0.1) is 12.7 Å². The first-order chi connectivity index (χ1) is 17.4. The highest BCUT2D eigenvalue weighted by Crippen LogP contribution is 2.48. The molecule has 194 valence electrons. The van der Waals surface area contributed by atoms with E-state index >= 15 is 0 Å². The van der Waals surface area contributed by atoms with E-state index in [0.717, 1.165) is 18.2 Å². The molecule has 1 N–H and O–H groups in total. The average Bonchev–Trinajstić information content (AvgIpc) is 3.29. The Labute approximate surface area is 220 Å². The molecule has 3 aromatic rings. The number of hydrogen-bond acceptors (Lipinski definition) is 4. The molecule has 0 spiro atoms. The van der Waals surface area contributed by atoms with Gasteiger partial charge in [0.25, 0.3) is 5.91 Å². The van der Waals surface area contributed by atoms with Gasteiger partial charge in [-0.2, -0.15) is 13.2 Å². The SMILES string of the molecule is COCN(C(=O)c1ccc(C2=CC(c3cc(Cl)cc(Cl)c3)(C(F)(F)F)ON2)cc1C)c1ccc(F)cc1. The number of carbonyl (C=O) groups excluding carboxylic acids is 1. The number of amides is 1. The number of aryl methyl sites for hydroxylation is 1. The fraction of sp³-hybridized carbons (Fsp3) is 0.192. The summed E-state index contributed by atoms with van der Waals surface area (Å²) in [5, 5.41) is 0.0501. The minimum atomic E-state index is -4.85. The lowest BCUT2D eigenvalue weighted by Crippen LogP contribution is -2.42. The third-order valence-electron chi connectivity index (χ3n) is 5.79. The lowest BCUT2D eigenvalue weighted by Gasteiger charge is -2.28. The molecule has 1 aliphatic rings. The van der Waals surface area contributed by atoms with E-state index in [4.69, 9.17) is 32.8 Å². The molecule has 11 heteroatoms. The van der Waals surface area contributed by atoms with Crippen LogP contribution in [0.5, 0.6) is 0 Å². The third-order valence-corrected chi connectivity index (χ3v) is 6.23. The summed E-state index contributed by atoms with van der Waals surface area (Å²) < 4.78 is 61.3. The van der Waals surface area contributed by atoms with Crippen molar-refractivity contribution in [3.8, 4) is 0 Å². The molecule has 0 bridgehead atoms. The molecule has 1 unspecified atom stereocenters. The number of alkyl halides is 3. The number of nitrogens with one attached hydrogen (secondary N) is 1. The van der Waals surface area contributed by atoms with Gasteiger partial charge in [-0.25, -0.2) is 4.39 Å². The van der Waals surface area contributed by atoms with Crippen molar-refractivity contribution in [1.29, 1.82) is 0 Å². The van der Waals surface area contributed by atoms with E-state index in [0.29, 0.717) is 16.8 Å². The zero-order chi connectivity index (χ0) is 27.0. The summed E-state index contributed by atoms with van der Waals surface area (Å²) in [6, 6.07) is 13.5. The van der Waals surface area contributed by atoms with Gasteiger partial charge in [0.2, 0.25) is 5.60 Å². The van der Waals surface area contributed by atoms with Gasteiger partial charge in [0.05, 0.1) is 5.70 Å². The largest absolute Gasteiger partial charge is 0.428 e. The van der Waals surface area contributed by atoms with Crippen LogP contribution < -0.4 is 10.4 Å². The fourth-order valence-corrected chi connectivity index (χ4v) is 4.50. The number of halogens is 6. The van der Waals surface area contributed by atoms with Gasteiger partial charge < -0.3 is 4.74 Å². The lowest BCUT2D eigenvalue weighted by atomic mass is 9.91. The lowest BCUT2D eigenvalue weighted by molar-refractivity contribution is -0.269. The predicted molar refractivity (Wildman–Crippen MR) is 133 cm³/mol. The maximum Gasteiger partial charge on any atom is 0.428 e. The predicted octanol–water partition coefficient (Wildman–Crippen LogP) is 7.03. The molecule has 0 saturated heterocycles. The van der Waals surface area contributed by atoms with Crippen LogP contribution in [-0.4, -0.2) is 25.9 Å². The Kier molecular flexibility index (Phi) is 7.52. The van der Waals surface area contributed by atoms with Crippen LogP contribution in [-0.2, 0) is 15.2 Å². The van der Waals surface area contributed by atoms with E-state index in [1.165, 1.54) is 54.5 Å². The number of ether oxygens (including phenoxy) is 1. The summed E-state index contributed by atoms with van der Waals surface area (Å²) >= 11 is 11.9. The normalized spacial score (nSPS) is 17.4. The first-order valence-electron chi connectivity index (χ1n) is 10.8. The minimum Gasteiger partial charge on any atom is -0.364 e. The van der Waals surface area contributed by atoms with Crippen LogP contribution in [0.1, 0.15) is 27.0 Å². The second-order valence-corrected chi connectivity index (χ2v) is 9.18. The number of methoxy groups -OCH3 is 1. The molecule has 5 nitrogen and oxygen atoms in total. The highest BCUT2D eigenvalue weighted by Gasteiger charge is 2.59. The molecule has 1 heterocycles. The highest BCUT2D eigenvalue weighted by atomic mass is 35.5. The molecule has 4 rings (SSSR count). The van der Waals surface area contributed by atoms with Crippen molar-refractivity contribution in [2.45, 2.75) is 18.7 Å². The monoisotopic (exact) mass is 554 g/mol. The van der Waals surface area contributed by atoms with Crippen LogP contribution in [0.4, 0.5) is 23.2 Å². The third kappa shape index (κ3) is 5.31. The van der Waals surface area contributed by atoms with E-state index in [9.17, 15) is 22.4 Å². The van der Waals surface area contributed by atoms with Crippen molar-refractivity contribution < 1.29 is 31.9 Å². The number of benzene rings is 3. The quantitative estimate of drug-likeness (QED) is 0.262. The summed E-state index contributed by atoms with van der Waals surface area (Å²) in [5.41, 5.74) is 0.824. The number of hydroxylamine groups is 1. The van der Waals surface area contributed by atoms with E-state index in [2.05, 4.69) is 5.48 Å². The van der Waals surface area contributed by atoms with Crippen molar-refractivity contribution in [2.24, 2.45) is 0 Å². The van der Waals surface area contributed by atoms with Gasteiger partial charge in [-0.15, -0.1) is 0 Å². The van der Waals surface area contributed by atoms with E-state index in [1.807, 2.05) is 0 Å². The summed E-state index contributed by atoms with van der Waals surface area (Å²) in [5.74, 6) is -0.885. The number of hydrogen-bond donors (Lipinski definition) is 1. The van der Waals surface area contributed by atoms with Gasteiger partial charge in [-0.05, 0) is 78.7 Å². The van der Waals surface area contributed by atoms with Gasteiger partial charge in [-0.3, -0.25) is 20.0 Å². The van der Waals surface area contributed by atoms with Crippen molar-refractivity contribution in [3.63, 3.8) is 0 Å². The molecule has 3 aromatic carbocycles. The van der Waals surface area contributed by atoms with E-state index in [-0.39, 0.29) is 33.6 Å². The molecule has 37 heavy (non-hydrogen) atoms. The molecule has 1 atom stereocenters. The Morgan fingerprint density at radius 1 is 1.05 bits per heavy atom.